The average molecular weight is 487 g/mol. The Balaban J connectivity index is 1.39. The van der Waals surface area contributed by atoms with Gasteiger partial charge in [-0.2, -0.15) is 5.26 Å². The molecule has 8 heteroatoms. The van der Waals surface area contributed by atoms with E-state index in [1.807, 2.05) is 6.92 Å². The van der Waals surface area contributed by atoms with Crippen molar-refractivity contribution in [2.24, 2.45) is 0 Å². The van der Waals surface area contributed by atoms with Gasteiger partial charge in [0, 0.05) is 49.9 Å². The van der Waals surface area contributed by atoms with E-state index < -0.39 is 0 Å². The van der Waals surface area contributed by atoms with Gasteiger partial charge in [0.2, 0.25) is 5.91 Å². The summed E-state index contributed by atoms with van der Waals surface area (Å²) in [5.74, 6) is 2.56. The van der Waals surface area contributed by atoms with Crippen LogP contribution < -0.4 is 14.5 Å². The number of rotatable bonds is 5. The Bertz CT molecular complexity index is 1210. The van der Waals surface area contributed by atoms with Gasteiger partial charge in [-0.15, -0.1) is 0 Å². The molecule has 0 spiro atoms. The van der Waals surface area contributed by atoms with E-state index in [1.54, 1.807) is 12.0 Å². The van der Waals surface area contributed by atoms with Crippen molar-refractivity contribution in [3.8, 4) is 11.8 Å². The number of benzene rings is 1. The smallest absolute Gasteiger partial charge is 0.246 e. The summed E-state index contributed by atoms with van der Waals surface area (Å²) in [6.45, 7) is 8.49. The summed E-state index contributed by atoms with van der Waals surface area (Å²) >= 11 is 0. The molecule has 36 heavy (non-hydrogen) atoms. The fourth-order valence-corrected chi connectivity index (χ4v) is 6.07. The van der Waals surface area contributed by atoms with E-state index in [-0.39, 0.29) is 11.9 Å². The first kappa shape index (κ1) is 24.1. The van der Waals surface area contributed by atoms with E-state index in [9.17, 15) is 10.1 Å². The zero-order chi connectivity index (χ0) is 25.2. The Kier molecular flexibility index (Phi) is 6.82. The second-order valence-corrected chi connectivity index (χ2v) is 9.91. The number of ether oxygens (including phenoxy) is 1. The molecule has 3 aliphatic rings. The summed E-state index contributed by atoms with van der Waals surface area (Å²) in [5, 5.41) is 9.37. The van der Waals surface area contributed by atoms with Crippen molar-refractivity contribution in [1.29, 1.82) is 5.26 Å². The molecule has 1 aromatic heterocycles. The standard InChI is InChI=1S/C28H34N6O2/c1-4-27(35)34-15-14-32(18-22(34)11-12-29)28-24-9-7-21(17-25(24)30-19(2)31-28)33-13-5-6-20-16-23(36-3)8-10-26(20)33/h4,8,10,16,21-22H,1,5-7,9,11,13-15,17-18H2,2-3H3/t21?,22-/m0/s1. The van der Waals surface area contributed by atoms with E-state index in [1.165, 1.54) is 22.9 Å². The number of carbonyl (C=O) groups is 1. The second kappa shape index (κ2) is 10.2. The van der Waals surface area contributed by atoms with E-state index in [0.717, 1.165) is 61.7 Å². The maximum Gasteiger partial charge on any atom is 0.246 e. The number of carbonyl (C=O) groups excluding carboxylic acids is 1. The van der Waals surface area contributed by atoms with Gasteiger partial charge in [0.15, 0.2) is 0 Å². The molecule has 5 rings (SSSR count). The molecule has 188 valence electrons. The number of aromatic nitrogens is 2. The van der Waals surface area contributed by atoms with Crippen LogP contribution in [-0.2, 0) is 24.1 Å². The summed E-state index contributed by atoms with van der Waals surface area (Å²) in [4.78, 5) is 28.7. The quantitative estimate of drug-likeness (QED) is 0.600. The maximum atomic E-state index is 12.3. The van der Waals surface area contributed by atoms with Gasteiger partial charge < -0.3 is 19.4 Å². The lowest BCUT2D eigenvalue weighted by molar-refractivity contribution is -0.128. The van der Waals surface area contributed by atoms with Gasteiger partial charge >= 0.3 is 0 Å². The molecule has 1 saturated heterocycles. The minimum absolute atomic E-state index is 0.113. The average Bonchev–Trinajstić information content (AvgIpc) is 2.91. The SMILES string of the molecule is C=CC(=O)N1CCN(c2nc(C)nc3c2CCC(N2CCCc4cc(OC)ccc42)C3)C[C@@H]1CC#N. The van der Waals surface area contributed by atoms with Crippen LogP contribution in [0.4, 0.5) is 11.5 Å². The van der Waals surface area contributed by atoms with Crippen LogP contribution in [0.2, 0.25) is 0 Å². The van der Waals surface area contributed by atoms with Crippen LogP contribution in [0.25, 0.3) is 0 Å². The number of methoxy groups -OCH3 is 1. The summed E-state index contributed by atoms with van der Waals surface area (Å²) in [6.07, 6.45) is 6.73. The van der Waals surface area contributed by atoms with Crippen LogP contribution in [-0.4, -0.2) is 66.1 Å². The maximum absolute atomic E-state index is 12.3. The second-order valence-electron chi connectivity index (χ2n) is 9.91. The van der Waals surface area contributed by atoms with Gasteiger partial charge in [-0.05, 0) is 62.4 Å². The van der Waals surface area contributed by atoms with Crippen LogP contribution in [0.5, 0.6) is 5.75 Å². The Hall–Kier alpha value is -3.60. The first-order valence-corrected chi connectivity index (χ1v) is 12.9. The number of aryl methyl sites for hydroxylation is 2. The first-order chi connectivity index (χ1) is 17.5. The van der Waals surface area contributed by atoms with Crippen LogP contribution in [0, 0.1) is 18.3 Å². The fraction of sp³-hybridized carbons (Fsp3) is 0.500. The van der Waals surface area contributed by atoms with Gasteiger partial charge in [0.25, 0.3) is 0 Å². The lowest BCUT2D eigenvalue weighted by Gasteiger charge is -2.43. The van der Waals surface area contributed by atoms with Gasteiger partial charge in [0.05, 0.1) is 31.3 Å². The molecule has 1 aliphatic carbocycles. The lowest BCUT2D eigenvalue weighted by atomic mass is 9.88. The Morgan fingerprint density at radius 3 is 2.92 bits per heavy atom. The highest BCUT2D eigenvalue weighted by atomic mass is 16.5. The van der Waals surface area contributed by atoms with Crippen molar-refractivity contribution >= 4 is 17.4 Å². The monoisotopic (exact) mass is 486 g/mol. The number of amides is 1. The molecule has 0 bridgehead atoms. The first-order valence-electron chi connectivity index (χ1n) is 12.9. The molecular formula is C28H34N6O2. The number of hydrogen-bond acceptors (Lipinski definition) is 7. The zero-order valence-corrected chi connectivity index (χ0v) is 21.2. The number of anilines is 2. The molecule has 2 aliphatic heterocycles. The molecule has 2 atom stereocenters. The summed E-state index contributed by atoms with van der Waals surface area (Å²) < 4.78 is 5.46. The number of nitrogens with zero attached hydrogens (tertiary/aromatic N) is 6. The normalized spacial score (nSPS) is 21.3. The van der Waals surface area contributed by atoms with Crippen molar-refractivity contribution in [3.63, 3.8) is 0 Å². The molecule has 1 aromatic carbocycles. The number of nitriles is 1. The third-order valence-corrected chi connectivity index (χ3v) is 7.79. The minimum Gasteiger partial charge on any atom is -0.497 e. The molecule has 0 N–H and O–H groups in total. The molecule has 8 nitrogen and oxygen atoms in total. The number of piperazine rings is 1. The van der Waals surface area contributed by atoms with Crippen molar-refractivity contribution in [1.82, 2.24) is 14.9 Å². The van der Waals surface area contributed by atoms with Crippen LogP contribution >= 0.6 is 0 Å². The number of hydrogen-bond donors (Lipinski definition) is 0. The van der Waals surface area contributed by atoms with Crippen molar-refractivity contribution in [2.45, 2.75) is 57.5 Å². The largest absolute Gasteiger partial charge is 0.497 e. The highest BCUT2D eigenvalue weighted by Crippen LogP contribution is 2.37. The summed E-state index contributed by atoms with van der Waals surface area (Å²) in [6, 6.07) is 8.93. The topological polar surface area (TPSA) is 85.6 Å². The molecule has 2 aromatic rings. The molecular weight excluding hydrogens is 452 g/mol. The van der Waals surface area contributed by atoms with Crippen molar-refractivity contribution < 1.29 is 9.53 Å². The predicted octanol–water partition coefficient (Wildman–Crippen LogP) is 3.22. The van der Waals surface area contributed by atoms with E-state index in [2.05, 4.69) is 40.6 Å². The predicted molar refractivity (Wildman–Crippen MR) is 139 cm³/mol. The highest BCUT2D eigenvalue weighted by molar-refractivity contribution is 5.87. The van der Waals surface area contributed by atoms with E-state index in [4.69, 9.17) is 14.7 Å². The van der Waals surface area contributed by atoms with Crippen LogP contribution in [0.15, 0.2) is 30.9 Å². The van der Waals surface area contributed by atoms with Crippen molar-refractivity contribution in [2.75, 3.05) is 43.1 Å². The third kappa shape index (κ3) is 4.50. The zero-order valence-electron chi connectivity index (χ0n) is 21.2. The molecule has 3 heterocycles. The minimum atomic E-state index is -0.168. The Morgan fingerprint density at radius 1 is 1.28 bits per heavy atom. The fourth-order valence-electron chi connectivity index (χ4n) is 6.07. The molecule has 1 unspecified atom stereocenters. The lowest BCUT2D eigenvalue weighted by Crippen LogP contribution is -2.55. The highest BCUT2D eigenvalue weighted by Gasteiger charge is 2.34. The summed E-state index contributed by atoms with van der Waals surface area (Å²) in [5.41, 5.74) is 5.05. The van der Waals surface area contributed by atoms with Gasteiger partial charge in [0.1, 0.15) is 17.4 Å². The molecule has 0 saturated carbocycles. The van der Waals surface area contributed by atoms with Gasteiger partial charge in [-0.3, -0.25) is 4.79 Å². The molecule has 1 amide bonds. The third-order valence-electron chi connectivity index (χ3n) is 7.79. The van der Waals surface area contributed by atoms with E-state index in [0.29, 0.717) is 32.1 Å². The Labute approximate surface area is 213 Å². The summed E-state index contributed by atoms with van der Waals surface area (Å²) in [7, 11) is 1.72. The van der Waals surface area contributed by atoms with Crippen LogP contribution in [0.1, 0.15) is 41.9 Å². The molecule has 1 fully saturated rings. The number of fused-ring (bicyclic) bond motifs is 2. The Morgan fingerprint density at radius 2 is 2.14 bits per heavy atom. The van der Waals surface area contributed by atoms with Crippen molar-refractivity contribution in [3.05, 3.63) is 53.5 Å². The van der Waals surface area contributed by atoms with Crippen LogP contribution in [0.3, 0.4) is 0 Å². The molecule has 0 radical (unpaired) electrons. The van der Waals surface area contributed by atoms with Gasteiger partial charge in [-0.1, -0.05) is 6.58 Å². The van der Waals surface area contributed by atoms with Gasteiger partial charge in [-0.25, -0.2) is 9.97 Å². The van der Waals surface area contributed by atoms with E-state index >= 15 is 0 Å².